The molecule has 0 atom stereocenters. The topological polar surface area (TPSA) is 49.7 Å². The van der Waals surface area contributed by atoms with Gasteiger partial charge in [-0.15, -0.1) is 0 Å². The van der Waals surface area contributed by atoms with E-state index in [1.165, 1.54) is 0 Å². The Balaban J connectivity index is 2.67. The van der Waals surface area contributed by atoms with Crippen molar-refractivity contribution in [3.63, 3.8) is 0 Å². The Morgan fingerprint density at radius 2 is 1.94 bits per heavy atom. The van der Waals surface area contributed by atoms with Crippen LogP contribution >= 0.6 is 0 Å². The lowest BCUT2D eigenvalue weighted by atomic mass is 10.0. The van der Waals surface area contributed by atoms with Crippen molar-refractivity contribution in [2.24, 2.45) is 4.99 Å². The Bertz CT molecular complexity index is 393. The van der Waals surface area contributed by atoms with E-state index in [0.29, 0.717) is 12.8 Å². The van der Waals surface area contributed by atoms with Crippen molar-refractivity contribution in [2.45, 2.75) is 32.6 Å². The van der Waals surface area contributed by atoms with Crippen molar-refractivity contribution in [1.29, 1.82) is 0 Å². The van der Waals surface area contributed by atoms with Gasteiger partial charge < -0.3 is 5.11 Å². The number of benzene rings is 1. The van der Waals surface area contributed by atoms with Crippen LogP contribution in [0.5, 0.6) is 5.75 Å². The van der Waals surface area contributed by atoms with Gasteiger partial charge in [0.25, 0.3) is 0 Å². The number of ketones is 1. The molecule has 17 heavy (non-hydrogen) atoms. The number of carbonyl (C=O) groups is 1. The second-order valence-corrected chi connectivity index (χ2v) is 4.04. The number of phenolic OH excluding ortho intramolecular Hbond substituents is 1. The van der Waals surface area contributed by atoms with E-state index in [1.807, 2.05) is 0 Å². The largest absolute Gasteiger partial charge is 0.508 e. The molecule has 0 aliphatic carbocycles. The Kier molecular flexibility index (Phi) is 5.40. The number of hydrogen-bond donors (Lipinski definition) is 1. The molecule has 0 unspecified atom stereocenters. The van der Waals surface area contributed by atoms with Gasteiger partial charge in [0.05, 0.1) is 0 Å². The van der Waals surface area contributed by atoms with Crippen molar-refractivity contribution < 1.29 is 9.90 Å². The van der Waals surface area contributed by atoms with Gasteiger partial charge in [-0.2, -0.15) is 0 Å². The smallest absolute Gasteiger partial charge is 0.138 e. The number of rotatable bonds is 6. The van der Waals surface area contributed by atoms with Crippen LogP contribution in [0.1, 0.15) is 38.2 Å². The molecule has 1 N–H and O–H groups in total. The first-order valence-electron chi connectivity index (χ1n) is 5.94. The molecule has 0 aliphatic rings. The molecule has 0 amide bonds. The van der Waals surface area contributed by atoms with E-state index in [9.17, 15) is 9.90 Å². The highest BCUT2D eigenvalue weighted by Crippen LogP contribution is 2.13. The molecule has 1 rings (SSSR count). The summed E-state index contributed by atoms with van der Waals surface area (Å²) in [6.07, 6.45) is 2.96. The minimum absolute atomic E-state index is 0.223. The first-order chi connectivity index (χ1) is 8.17. The van der Waals surface area contributed by atoms with Crippen LogP contribution in [0.3, 0.4) is 0 Å². The van der Waals surface area contributed by atoms with Gasteiger partial charge in [0, 0.05) is 25.6 Å². The zero-order valence-electron chi connectivity index (χ0n) is 10.4. The summed E-state index contributed by atoms with van der Waals surface area (Å²) in [6.45, 7) is 2.07. The number of aromatic hydroxyl groups is 1. The van der Waals surface area contributed by atoms with E-state index in [-0.39, 0.29) is 11.5 Å². The monoisotopic (exact) mass is 233 g/mol. The summed E-state index contributed by atoms with van der Waals surface area (Å²) >= 11 is 0. The van der Waals surface area contributed by atoms with Crippen LogP contribution in [0.25, 0.3) is 0 Å². The number of hydrogen-bond acceptors (Lipinski definition) is 3. The standard InChI is InChI=1S/C14H19NO2/c1-3-4-5-13(17)10-14(15-2)11-6-8-12(16)9-7-11/h6-9,16H,3-5,10H2,1-2H3. The summed E-state index contributed by atoms with van der Waals surface area (Å²) in [4.78, 5) is 15.8. The van der Waals surface area contributed by atoms with Gasteiger partial charge in [-0.3, -0.25) is 9.79 Å². The fourth-order valence-corrected chi connectivity index (χ4v) is 1.61. The average Bonchev–Trinajstić information content (AvgIpc) is 2.34. The Morgan fingerprint density at radius 3 is 2.47 bits per heavy atom. The number of aliphatic imine (C=N–C) groups is 1. The Morgan fingerprint density at radius 1 is 1.29 bits per heavy atom. The highest BCUT2D eigenvalue weighted by Gasteiger charge is 2.09. The van der Waals surface area contributed by atoms with Crippen LogP contribution in [0.4, 0.5) is 0 Å². The predicted molar refractivity (Wildman–Crippen MR) is 69.7 cm³/mol. The number of phenols is 1. The third-order valence-electron chi connectivity index (χ3n) is 2.64. The summed E-state index contributed by atoms with van der Waals surface area (Å²) in [7, 11) is 1.69. The molecule has 3 heteroatoms. The predicted octanol–water partition coefficient (Wildman–Crippen LogP) is 2.96. The minimum Gasteiger partial charge on any atom is -0.508 e. The van der Waals surface area contributed by atoms with E-state index in [4.69, 9.17) is 0 Å². The lowest BCUT2D eigenvalue weighted by Gasteiger charge is -2.05. The quantitative estimate of drug-likeness (QED) is 0.768. The maximum atomic E-state index is 11.7. The SMILES string of the molecule is CCCCC(=O)CC(=NC)c1ccc(O)cc1. The van der Waals surface area contributed by atoms with Crippen LogP contribution in [0, 0.1) is 0 Å². The highest BCUT2D eigenvalue weighted by molar-refractivity contribution is 6.11. The molecule has 0 heterocycles. The molecule has 0 radical (unpaired) electrons. The van der Waals surface area contributed by atoms with E-state index >= 15 is 0 Å². The molecule has 1 aromatic carbocycles. The van der Waals surface area contributed by atoms with Crippen LogP contribution in [-0.4, -0.2) is 23.6 Å². The van der Waals surface area contributed by atoms with Crippen LogP contribution in [-0.2, 0) is 4.79 Å². The second-order valence-electron chi connectivity index (χ2n) is 4.04. The van der Waals surface area contributed by atoms with Gasteiger partial charge in [-0.25, -0.2) is 0 Å². The number of Topliss-reactive ketones (excluding diaryl/α,β-unsaturated/α-hetero) is 1. The fourth-order valence-electron chi connectivity index (χ4n) is 1.61. The van der Waals surface area contributed by atoms with Gasteiger partial charge in [-0.05, 0) is 36.2 Å². The number of unbranched alkanes of at least 4 members (excludes halogenated alkanes) is 1. The molecule has 0 fully saturated rings. The average molecular weight is 233 g/mol. The molecular formula is C14H19NO2. The normalized spacial score (nSPS) is 11.5. The minimum atomic E-state index is 0.223. The molecular weight excluding hydrogens is 214 g/mol. The molecule has 0 saturated carbocycles. The molecule has 3 nitrogen and oxygen atoms in total. The zero-order chi connectivity index (χ0) is 12.7. The van der Waals surface area contributed by atoms with E-state index in [0.717, 1.165) is 24.1 Å². The molecule has 0 saturated heterocycles. The van der Waals surface area contributed by atoms with Crippen molar-refractivity contribution >= 4 is 11.5 Å². The van der Waals surface area contributed by atoms with Crippen molar-refractivity contribution in [1.82, 2.24) is 0 Å². The van der Waals surface area contributed by atoms with Crippen molar-refractivity contribution in [2.75, 3.05) is 7.05 Å². The maximum absolute atomic E-state index is 11.7. The Labute approximate surface area is 102 Å². The van der Waals surface area contributed by atoms with Crippen LogP contribution in [0.15, 0.2) is 29.3 Å². The van der Waals surface area contributed by atoms with Gasteiger partial charge >= 0.3 is 0 Å². The van der Waals surface area contributed by atoms with Crippen molar-refractivity contribution in [3.05, 3.63) is 29.8 Å². The van der Waals surface area contributed by atoms with Crippen LogP contribution < -0.4 is 0 Å². The summed E-state index contributed by atoms with van der Waals surface area (Å²) in [5, 5.41) is 9.20. The van der Waals surface area contributed by atoms with Gasteiger partial charge in [0.15, 0.2) is 0 Å². The number of nitrogens with zero attached hydrogens (tertiary/aromatic N) is 1. The third kappa shape index (κ3) is 4.39. The molecule has 92 valence electrons. The Hall–Kier alpha value is -1.64. The lowest BCUT2D eigenvalue weighted by Crippen LogP contribution is -2.09. The van der Waals surface area contributed by atoms with Crippen LogP contribution in [0.2, 0.25) is 0 Å². The molecule has 0 spiro atoms. The summed E-state index contributed by atoms with van der Waals surface area (Å²) in [6, 6.07) is 6.78. The number of carbonyl (C=O) groups excluding carboxylic acids is 1. The van der Waals surface area contributed by atoms with Gasteiger partial charge in [0.1, 0.15) is 11.5 Å². The van der Waals surface area contributed by atoms with Gasteiger partial charge in [-0.1, -0.05) is 13.3 Å². The first-order valence-corrected chi connectivity index (χ1v) is 5.94. The zero-order valence-corrected chi connectivity index (χ0v) is 10.4. The van der Waals surface area contributed by atoms with Crippen molar-refractivity contribution in [3.8, 4) is 5.75 Å². The fraction of sp³-hybridized carbons (Fsp3) is 0.429. The molecule has 0 aromatic heterocycles. The molecule has 0 bridgehead atoms. The summed E-state index contributed by atoms with van der Waals surface area (Å²) < 4.78 is 0. The highest BCUT2D eigenvalue weighted by atomic mass is 16.3. The first kappa shape index (κ1) is 13.4. The van der Waals surface area contributed by atoms with E-state index in [1.54, 1.807) is 31.3 Å². The summed E-state index contributed by atoms with van der Waals surface area (Å²) in [5.74, 6) is 0.446. The third-order valence-corrected chi connectivity index (χ3v) is 2.64. The molecule has 1 aromatic rings. The van der Waals surface area contributed by atoms with Gasteiger partial charge in [0.2, 0.25) is 0 Å². The second kappa shape index (κ2) is 6.84. The van der Waals surface area contributed by atoms with E-state index in [2.05, 4.69) is 11.9 Å². The summed E-state index contributed by atoms with van der Waals surface area (Å²) in [5.41, 5.74) is 1.68. The van der Waals surface area contributed by atoms with E-state index < -0.39 is 0 Å². The molecule has 0 aliphatic heterocycles. The maximum Gasteiger partial charge on any atom is 0.138 e. The lowest BCUT2D eigenvalue weighted by molar-refractivity contribution is -0.118.